The van der Waals surface area contributed by atoms with E-state index in [1.807, 2.05) is 0 Å². The fourth-order valence-electron chi connectivity index (χ4n) is 5.93. The molecule has 116 valence electrons. The van der Waals surface area contributed by atoms with Crippen LogP contribution in [0, 0.1) is 29.1 Å². The standard InChI is InChI=1S/C18H27NO2/c1-18-7-6-13-12-5-3-11(20)8-10(12)2-4-14(13)15(18)9-16(21)17(18)19/h2,11-15,20-21H,3-9,19H2,1H3/t11-,12-,13+,14+,15-,18-/m0/s1. The molecule has 2 saturated carbocycles. The number of fused-ring (bicyclic) bond motifs is 5. The zero-order valence-electron chi connectivity index (χ0n) is 12.9. The van der Waals surface area contributed by atoms with E-state index in [9.17, 15) is 10.2 Å². The first-order valence-corrected chi connectivity index (χ1v) is 8.55. The van der Waals surface area contributed by atoms with Crippen molar-refractivity contribution in [3.63, 3.8) is 0 Å². The predicted molar refractivity (Wildman–Crippen MR) is 82.3 cm³/mol. The molecule has 4 aliphatic rings. The van der Waals surface area contributed by atoms with Crippen LogP contribution in [0.3, 0.4) is 0 Å². The first-order valence-electron chi connectivity index (χ1n) is 8.55. The van der Waals surface area contributed by atoms with Gasteiger partial charge in [0.1, 0.15) is 5.76 Å². The Balaban J connectivity index is 1.64. The van der Waals surface area contributed by atoms with Crippen LogP contribution >= 0.6 is 0 Å². The van der Waals surface area contributed by atoms with E-state index >= 15 is 0 Å². The van der Waals surface area contributed by atoms with E-state index in [2.05, 4.69) is 13.0 Å². The van der Waals surface area contributed by atoms with Crippen LogP contribution in [0.1, 0.15) is 51.9 Å². The molecule has 3 nitrogen and oxygen atoms in total. The van der Waals surface area contributed by atoms with Gasteiger partial charge in [-0.3, -0.25) is 0 Å². The summed E-state index contributed by atoms with van der Waals surface area (Å²) in [6.07, 6.45) is 9.51. The van der Waals surface area contributed by atoms with Gasteiger partial charge in [-0.05, 0) is 62.2 Å². The van der Waals surface area contributed by atoms with Crippen molar-refractivity contribution in [3.8, 4) is 0 Å². The lowest BCUT2D eigenvalue weighted by Gasteiger charge is -2.52. The first kappa shape index (κ1) is 13.7. The van der Waals surface area contributed by atoms with E-state index in [0.717, 1.165) is 50.1 Å². The summed E-state index contributed by atoms with van der Waals surface area (Å²) in [4.78, 5) is 0. The van der Waals surface area contributed by atoms with Crippen molar-refractivity contribution in [1.29, 1.82) is 0 Å². The fraction of sp³-hybridized carbons (Fsp3) is 0.778. The minimum absolute atomic E-state index is 0.0186. The lowest BCUT2D eigenvalue weighted by Crippen LogP contribution is -2.46. The highest BCUT2D eigenvalue weighted by atomic mass is 16.3. The van der Waals surface area contributed by atoms with Crippen molar-refractivity contribution in [2.75, 3.05) is 0 Å². The summed E-state index contributed by atoms with van der Waals surface area (Å²) in [5.74, 6) is 3.06. The average Bonchev–Trinajstić information content (AvgIpc) is 2.70. The molecule has 0 amide bonds. The molecule has 4 N–H and O–H groups in total. The minimum atomic E-state index is -0.120. The van der Waals surface area contributed by atoms with E-state index < -0.39 is 0 Å². The molecule has 3 heteroatoms. The van der Waals surface area contributed by atoms with Crippen LogP contribution in [0.15, 0.2) is 23.1 Å². The third kappa shape index (κ3) is 1.82. The normalized spacial score (nSPS) is 49.2. The minimum Gasteiger partial charge on any atom is -0.510 e. The van der Waals surface area contributed by atoms with Crippen LogP contribution in [0.25, 0.3) is 0 Å². The van der Waals surface area contributed by atoms with Gasteiger partial charge in [0.05, 0.1) is 11.8 Å². The van der Waals surface area contributed by atoms with Crippen molar-refractivity contribution >= 4 is 0 Å². The number of rotatable bonds is 0. The molecule has 6 atom stereocenters. The average molecular weight is 289 g/mol. The number of aliphatic hydroxyl groups excluding tert-OH is 2. The van der Waals surface area contributed by atoms with Gasteiger partial charge in [-0.2, -0.15) is 0 Å². The number of nitrogens with two attached hydrogens (primary N) is 1. The summed E-state index contributed by atoms with van der Waals surface area (Å²) in [5, 5.41) is 20.1. The van der Waals surface area contributed by atoms with Crippen LogP contribution < -0.4 is 5.73 Å². The Morgan fingerprint density at radius 1 is 1.19 bits per heavy atom. The Hall–Kier alpha value is -0.960. The lowest BCUT2D eigenvalue weighted by atomic mass is 9.52. The van der Waals surface area contributed by atoms with Crippen LogP contribution in [0.5, 0.6) is 0 Å². The summed E-state index contributed by atoms with van der Waals surface area (Å²) in [5.41, 5.74) is 8.52. The predicted octanol–water partition coefficient (Wildman–Crippen LogP) is 3.26. The number of hydrogen-bond donors (Lipinski definition) is 3. The Bertz CT molecular complexity index is 523. The van der Waals surface area contributed by atoms with Gasteiger partial charge in [-0.15, -0.1) is 0 Å². The zero-order valence-corrected chi connectivity index (χ0v) is 12.9. The Kier molecular flexibility index (Phi) is 2.94. The molecular weight excluding hydrogens is 262 g/mol. The van der Waals surface area contributed by atoms with E-state index in [1.165, 1.54) is 12.0 Å². The second-order valence-electron chi connectivity index (χ2n) is 8.01. The van der Waals surface area contributed by atoms with Gasteiger partial charge in [-0.25, -0.2) is 0 Å². The third-order valence-electron chi connectivity index (χ3n) is 7.15. The maximum atomic E-state index is 10.2. The summed E-state index contributed by atoms with van der Waals surface area (Å²) < 4.78 is 0. The highest BCUT2D eigenvalue weighted by molar-refractivity contribution is 5.28. The molecule has 0 bridgehead atoms. The smallest absolute Gasteiger partial charge is 0.112 e. The van der Waals surface area contributed by atoms with Gasteiger partial charge in [0.25, 0.3) is 0 Å². The molecule has 0 saturated heterocycles. The molecular formula is C18H27NO2. The Labute approximate surface area is 126 Å². The molecule has 4 aliphatic carbocycles. The van der Waals surface area contributed by atoms with Crippen LogP contribution in [-0.2, 0) is 0 Å². The largest absolute Gasteiger partial charge is 0.510 e. The van der Waals surface area contributed by atoms with Crippen molar-refractivity contribution in [3.05, 3.63) is 23.1 Å². The monoisotopic (exact) mass is 289 g/mol. The molecule has 0 spiro atoms. The van der Waals surface area contributed by atoms with Gasteiger partial charge >= 0.3 is 0 Å². The molecule has 0 aliphatic heterocycles. The maximum Gasteiger partial charge on any atom is 0.112 e. The van der Waals surface area contributed by atoms with Crippen LogP contribution in [0.4, 0.5) is 0 Å². The second-order valence-corrected chi connectivity index (χ2v) is 8.01. The summed E-state index contributed by atoms with van der Waals surface area (Å²) in [7, 11) is 0. The molecule has 0 heterocycles. The van der Waals surface area contributed by atoms with Gasteiger partial charge < -0.3 is 15.9 Å². The topological polar surface area (TPSA) is 66.5 Å². The van der Waals surface area contributed by atoms with Gasteiger partial charge in [0.15, 0.2) is 0 Å². The van der Waals surface area contributed by atoms with Crippen molar-refractivity contribution in [2.45, 2.75) is 58.0 Å². The van der Waals surface area contributed by atoms with Crippen LogP contribution in [0.2, 0.25) is 0 Å². The maximum absolute atomic E-state index is 10.2. The molecule has 4 rings (SSSR count). The second kappa shape index (κ2) is 4.52. The van der Waals surface area contributed by atoms with Gasteiger partial charge in [0.2, 0.25) is 0 Å². The SMILES string of the molecule is C[C@]12CC[C@H]3[C@@H](CC=C4C[C@@H](O)CC[C@@H]43)[C@@H]1CC(O)=C2N. The van der Waals surface area contributed by atoms with Crippen molar-refractivity contribution in [1.82, 2.24) is 0 Å². The van der Waals surface area contributed by atoms with E-state index in [4.69, 9.17) is 5.73 Å². The Morgan fingerprint density at radius 2 is 2.00 bits per heavy atom. The molecule has 0 radical (unpaired) electrons. The lowest BCUT2D eigenvalue weighted by molar-refractivity contribution is 0.00903. The third-order valence-corrected chi connectivity index (χ3v) is 7.15. The Morgan fingerprint density at radius 3 is 2.81 bits per heavy atom. The molecule has 0 aromatic carbocycles. The molecule has 21 heavy (non-hydrogen) atoms. The van der Waals surface area contributed by atoms with E-state index in [1.54, 1.807) is 0 Å². The molecule has 2 fully saturated rings. The van der Waals surface area contributed by atoms with Crippen molar-refractivity contribution in [2.24, 2.45) is 34.8 Å². The molecule has 0 aromatic rings. The van der Waals surface area contributed by atoms with Gasteiger partial charge in [-0.1, -0.05) is 18.6 Å². The molecule has 0 aromatic heterocycles. The van der Waals surface area contributed by atoms with E-state index in [0.29, 0.717) is 23.5 Å². The number of aliphatic hydroxyl groups is 2. The quantitative estimate of drug-likeness (QED) is 0.600. The van der Waals surface area contributed by atoms with Gasteiger partial charge in [0, 0.05) is 11.8 Å². The fourth-order valence-corrected chi connectivity index (χ4v) is 5.93. The summed E-state index contributed by atoms with van der Waals surface area (Å²) in [6, 6.07) is 0. The summed E-state index contributed by atoms with van der Waals surface area (Å²) >= 11 is 0. The number of allylic oxidation sites excluding steroid dienone is 3. The highest BCUT2D eigenvalue weighted by Gasteiger charge is 2.54. The number of hydrogen-bond acceptors (Lipinski definition) is 3. The highest BCUT2D eigenvalue weighted by Crippen LogP contribution is 2.61. The summed E-state index contributed by atoms with van der Waals surface area (Å²) in [6.45, 7) is 2.26. The first-order chi connectivity index (χ1) is 10.0. The zero-order chi connectivity index (χ0) is 14.8. The van der Waals surface area contributed by atoms with Crippen LogP contribution in [-0.4, -0.2) is 16.3 Å². The van der Waals surface area contributed by atoms with Crippen molar-refractivity contribution < 1.29 is 10.2 Å². The van der Waals surface area contributed by atoms with E-state index in [-0.39, 0.29) is 11.5 Å². The molecule has 0 unspecified atom stereocenters.